The summed E-state index contributed by atoms with van der Waals surface area (Å²) in [5.74, 6) is 0.0969. The number of carbonyl (C=O) groups excluding carboxylic acids is 2. The van der Waals surface area contributed by atoms with Crippen molar-refractivity contribution < 1.29 is 19.2 Å². The molecule has 150 valence electrons. The fourth-order valence-corrected chi connectivity index (χ4v) is 3.18. The molecule has 2 aromatic rings. The Hall–Kier alpha value is -2.87. The minimum absolute atomic E-state index is 0.288. The Kier molecular flexibility index (Phi) is 6.30. The molecule has 2 heterocycles. The van der Waals surface area contributed by atoms with Crippen LogP contribution >= 0.6 is 0 Å². The number of hydrogen-bond acceptors (Lipinski definition) is 5. The molecule has 1 aliphatic rings. The number of fused-ring (bicyclic) bond motifs is 4. The third-order valence-corrected chi connectivity index (χ3v) is 4.72. The second kappa shape index (κ2) is 8.88. The van der Waals surface area contributed by atoms with Crippen molar-refractivity contribution in [1.82, 2.24) is 20.2 Å². The molecule has 0 saturated carbocycles. The van der Waals surface area contributed by atoms with Crippen LogP contribution in [0.25, 0.3) is 5.69 Å². The van der Waals surface area contributed by atoms with Crippen LogP contribution in [0.3, 0.4) is 0 Å². The second-order valence-corrected chi connectivity index (χ2v) is 6.82. The molecule has 0 fully saturated rings. The van der Waals surface area contributed by atoms with E-state index < -0.39 is 6.04 Å². The number of aromatic nitrogens is 2. The number of benzene rings is 1. The summed E-state index contributed by atoms with van der Waals surface area (Å²) < 4.78 is 7.41. The number of rotatable bonds is 2. The normalized spacial score (nSPS) is 17.7. The van der Waals surface area contributed by atoms with Gasteiger partial charge in [-0.25, -0.2) is 9.75 Å². The minimum Gasteiger partial charge on any atom is -0.494 e. The van der Waals surface area contributed by atoms with Crippen LogP contribution in [0.4, 0.5) is 0 Å². The van der Waals surface area contributed by atoms with Crippen LogP contribution in [0.5, 0.6) is 5.75 Å². The molecular formula is C20H26N4O4. The highest BCUT2D eigenvalue weighted by molar-refractivity contribution is 5.96. The molecule has 1 N–H and O–H groups in total. The van der Waals surface area contributed by atoms with Crippen LogP contribution in [0.2, 0.25) is 0 Å². The molecule has 1 aliphatic heterocycles. The highest BCUT2D eigenvalue weighted by Gasteiger charge is 2.26. The number of ether oxygens (including phenoxy) is 1. The van der Waals surface area contributed by atoms with E-state index >= 15 is 0 Å². The summed E-state index contributed by atoms with van der Waals surface area (Å²) in [5.41, 5.74) is 1.80. The Morgan fingerprint density at radius 3 is 2.93 bits per heavy atom. The van der Waals surface area contributed by atoms with Gasteiger partial charge in [0.25, 0.3) is 11.8 Å². The molecule has 28 heavy (non-hydrogen) atoms. The Morgan fingerprint density at radius 2 is 2.14 bits per heavy atom. The van der Waals surface area contributed by atoms with Gasteiger partial charge >= 0.3 is 0 Å². The summed E-state index contributed by atoms with van der Waals surface area (Å²) in [7, 11) is 2.96. The summed E-state index contributed by atoms with van der Waals surface area (Å²) >= 11 is 0. The van der Waals surface area contributed by atoms with E-state index in [0.717, 1.165) is 35.8 Å². The van der Waals surface area contributed by atoms with Gasteiger partial charge in [-0.2, -0.15) is 5.10 Å². The van der Waals surface area contributed by atoms with E-state index in [1.807, 2.05) is 31.2 Å². The van der Waals surface area contributed by atoms with Gasteiger partial charge in [0.05, 0.1) is 25.1 Å². The summed E-state index contributed by atoms with van der Waals surface area (Å²) in [6, 6.07) is 8.52. The summed E-state index contributed by atoms with van der Waals surface area (Å²) in [5, 5.41) is 8.45. The van der Waals surface area contributed by atoms with Crippen molar-refractivity contribution >= 4 is 11.8 Å². The van der Waals surface area contributed by atoms with Crippen molar-refractivity contribution in [2.24, 2.45) is 0 Å². The molecule has 8 heteroatoms. The fourth-order valence-electron chi connectivity index (χ4n) is 3.18. The van der Waals surface area contributed by atoms with Crippen LogP contribution in [-0.2, 0) is 9.63 Å². The predicted octanol–water partition coefficient (Wildman–Crippen LogP) is 2.25. The molecule has 1 aromatic carbocycles. The van der Waals surface area contributed by atoms with Crippen molar-refractivity contribution in [2.45, 2.75) is 38.6 Å². The predicted molar refractivity (Wildman–Crippen MR) is 103 cm³/mol. The van der Waals surface area contributed by atoms with E-state index in [0.29, 0.717) is 24.4 Å². The maximum absolute atomic E-state index is 13.0. The van der Waals surface area contributed by atoms with Crippen LogP contribution in [-0.4, -0.2) is 53.5 Å². The van der Waals surface area contributed by atoms with E-state index in [1.54, 1.807) is 10.7 Å². The van der Waals surface area contributed by atoms with Crippen molar-refractivity contribution in [3.63, 3.8) is 0 Å². The van der Waals surface area contributed by atoms with Gasteiger partial charge in [-0.05, 0) is 44.4 Å². The van der Waals surface area contributed by atoms with Gasteiger partial charge in [-0.1, -0.05) is 12.5 Å². The monoisotopic (exact) mass is 386 g/mol. The average molecular weight is 386 g/mol. The molecule has 0 spiro atoms. The highest BCUT2D eigenvalue weighted by atomic mass is 16.7. The highest BCUT2D eigenvalue weighted by Crippen LogP contribution is 2.20. The molecule has 1 aromatic heterocycles. The van der Waals surface area contributed by atoms with Gasteiger partial charge in [0.1, 0.15) is 17.5 Å². The number of carbonyl (C=O) groups is 2. The first-order chi connectivity index (χ1) is 13.5. The molecule has 0 aliphatic carbocycles. The average Bonchev–Trinajstić information content (AvgIpc) is 3.10. The van der Waals surface area contributed by atoms with E-state index in [2.05, 4.69) is 10.4 Å². The Balaban J connectivity index is 1.96. The standard InChI is InChI=1S/C20H26N4O4/c1-14-12-18-19(25)21-17(20(26)23(2)27-3)10-5-4-6-11-28-16-9-7-8-15(13-16)24(18)22-14/h7-9,12-13,17H,4-6,10-11H2,1-3H3,(H,21,25)/t17-/m0/s1. The Bertz CT molecular complexity index is 848. The first-order valence-electron chi connectivity index (χ1n) is 9.42. The lowest BCUT2D eigenvalue weighted by Crippen LogP contribution is -2.47. The topological polar surface area (TPSA) is 85.7 Å². The lowest BCUT2D eigenvalue weighted by Gasteiger charge is -2.23. The molecule has 8 nitrogen and oxygen atoms in total. The molecule has 0 radical (unpaired) electrons. The van der Waals surface area contributed by atoms with E-state index in [1.165, 1.54) is 14.2 Å². The molecule has 0 unspecified atom stereocenters. The Morgan fingerprint density at radius 1 is 1.32 bits per heavy atom. The van der Waals surface area contributed by atoms with E-state index in [9.17, 15) is 9.59 Å². The first kappa shape index (κ1) is 19.9. The first-order valence-corrected chi connectivity index (χ1v) is 9.42. The maximum atomic E-state index is 13.0. The Labute approximate surface area is 164 Å². The zero-order valence-corrected chi connectivity index (χ0v) is 16.5. The summed E-state index contributed by atoms with van der Waals surface area (Å²) in [4.78, 5) is 30.6. The summed E-state index contributed by atoms with van der Waals surface area (Å²) in [6.07, 6.45) is 3.07. The molecular weight excluding hydrogens is 360 g/mol. The number of hydroxylamine groups is 2. The third kappa shape index (κ3) is 4.51. The van der Waals surface area contributed by atoms with Gasteiger partial charge in [0.15, 0.2) is 0 Å². The van der Waals surface area contributed by atoms with Gasteiger partial charge < -0.3 is 10.1 Å². The van der Waals surface area contributed by atoms with Gasteiger partial charge in [-0.3, -0.25) is 14.4 Å². The van der Waals surface area contributed by atoms with Crippen LogP contribution in [0, 0.1) is 6.92 Å². The third-order valence-electron chi connectivity index (χ3n) is 4.72. The number of amides is 2. The minimum atomic E-state index is -0.670. The zero-order valence-electron chi connectivity index (χ0n) is 16.5. The number of likely N-dealkylation sites (N-methyl/N-ethyl adjacent to an activating group) is 1. The fraction of sp³-hybridized carbons (Fsp3) is 0.450. The van der Waals surface area contributed by atoms with Crippen LogP contribution < -0.4 is 10.1 Å². The largest absolute Gasteiger partial charge is 0.494 e. The van der Waals surface area contributed by atoms with Crippen LogP contribution in [0.15, 0.2) is 30.3 Å². The molecule has 2 bridgehead atoms. The van der Waals surface area contributed by atoms with Gasteiger partial charge in [0.2, 0.25) is 0 Å². The number of hydrogen-bond donors (Lipinski definition) is 1. The maximum Gasteiger partial charge on any atom is 0.270 e. The molecule has 1 atom stereocenters. The van der Waals surface area contributed by atoms with E-state index in [-0.39, 0.29) is 11.8 Å². The van der Waals surface area contributed by atoms with Gasteiger partial charge in [0, 0.05) is 13.1 Å². The number of aryl methyl sites for hydroxylation is 1. The number of nitrogens with one attached hydrogen (secondary N) is 1. The van der Waals surface area contributed by atoms with Crippen LogP contribution in [0.1, 0.15) is 41.9 Å². The van der Waals surface area contributed by atoms with Crippen molar-refractivity contribution in [2.75, 3.05) is 20.8 Å². The second-order valence-electron chi connectivity index (χ2n) is 6.82. The number of nitrogens with zero attached hydrogens (tertiary/aromatic N) is 3. The lowest BCUT2D eigenvalue weighted by molar-refractivity contribution is -0.171. The van der Waals surface area contributed by atoms with E-state index in [4.69, 9.17) is 9.57 Å². The lowest BCUT2D eigenvalue weighted by atomic mass is 10.1. The van der Waals surface area contributed by atoms with Crippen molar-refractivity contribution in [1.29, 1.82) is 0 Å². The van der Waals surface area contributed by atoms with Gasteiger partial charge in [-0.15, -0.1) is 0 Å². The smallest absolute Gasteiger partial charge is 0.270 e. The zero-order chi connectivity index (χ0) is 20.1. The summed E-state index contributed by atoms with van der Waals surface area (Å²) in [6.45, 7) is 2.42. The molecule has 3 rings (SSSR count). The quantitative estimate of drug-likeness (QED) is 0.800. The molecule has 0 saturated heterocycles. The van der Waals surface area contributed by atoms with Crippen molar-refractivity contribution in [3.8, 4) is 11.4 Å². The molecule has 2 amide bonds. The SMILES string of the molecule is CON(C)C(=O)[C@@H]1CCCCCOc2cccc(c2)-n2nc(C)cc2C(=O)N1. The van der Waals surface area contributed by atoms with Crippen molar-refractivity contribution in [3.05, 3.63) is 41.7 Å².